The molecule has 0 N–H and O–H groups in total. The predicted molar refractivity (Wildman–Crippen MR) is 20.2 cm³/mol. The van der Waals surface area contributed by atoms with Crippen molar-refractivity contribution in [2.75, 3.05) is 0 Å². The lowest BCUT2D eigenvalue weighted by atomic mass is 10.9. The fourth-order valence-electron chi connectivity index (χ4n) is 0.0609. The molecule has 0 spiro atoms. The lowest BCUT2D eigenvalue weighted by molar-refractivity contribution is -0.106. The maximum atomic E-state index is 9.21. The van der Waals surface area contributed by atoms with Crippen LogP contribution in [0, 0.1) is 0 Å². The predicted octanol–water partition coefficient (Wildman–Crippen LogP) is 0.234. The van der Waals surface area contributed by atoms with E-state index < -0.39 is 0 Å². The van der Waals surface area contributed by atoms with Crippen LogP contribution in [0.5, 0.6) is 0 Å². The highest BCUT2D eigenvalue weighted by molar-refractivity contribution is 5.66. The quantitative estimate of drug-likeness (QED) is 0.321. The number of rotatable bonds is 1. The summed E-state index contributed by atoms with van der Waals surface area (Å²) in [7, 11) is 0. The van der Waals surface area contributed by atoms with E-state index in [9.17, 15) is 4.79 Å². The fraction of sp³-hybridized carbons (Fsp3) is 0.333. The number of nitrogens with zero attached hydrogens (tertiary/aromatic N) is 1. The number of aliphatic imine (C=N–C) groups is 1. The van der Waals surface area contributed by atoms with Gasteiger partial charge in [-0.15, -0.1) is 0 Å². The second kappa shape index (κ2) is 3.34. The van der Waals surface area contributed by atoms with Crippen molar-refractivity contribution in [3.63, 3.8) is 0 Å². The Bertz CT molecular complexity index is 48.9. The van der Waals surface area contributed by atoms with Gasteiger partial charge in [0.2, 0.25) is 6.41 Å². The molecule has 0 aliphatic heterocycles. The Morgan fingerprint density at radius 3 is 2.40 bits per heavy atom. The standard InChI is InChI=1S/C3H5NO/c1-2-4-3-5/h2-3H,1H3/b4-2+. The average molecular weight is 71.1 g/mol. The third kappa shape index (κ3) is 3.34. The largest absolute Gasteiger partial charge is 0.276 e. The molecule has 0 saturated heterocycles. The van der Waals surface area contributed by atoms with Gasteiger partial charge in [0, 0.05) is 6.21 Å². The van der Waals surface area contributed by atoms with Crippen LogP contribution in [0.15, 0.2) is 4.99 Å². The zero-order chi connectivity index (χ0) is 4.12. The second-order valence-corrected chi connectivity index (χ2v) is 0.513. The zero-order valence-corrected chi connectivity index (χ0v) is 3.01. The van der Waals surface area contributed by atoms with Crippen molar-refractivity contribution < 1.29 is 4.79 Å². The van der Waals surface area contributed by atoms with E-state index in [1.54, 1.807) is 6.92 Å². The Hall–Kier alpha value is -0.660. The van der Waals surface area contributed by atoms with Crippen LogP contribution in [-0.2, 0) is 4.79 Å². The topological polar surface area (TPSA) is 29.4 Å². The molecule has 0 unspecified atom stereocenters. The van der Waals surface area contributed by atoms with Crippen molar-refractivity contribution in [1.82, 2.24) is 0 Å². The number of hydrogen-bond donors (Lipinski definition) is 0. The first-order valence-corrected chi connectivity index (χ1v) is 1.33. The number of carbonyl (C=O) groups is 1. The van der Waals surface area contributed by atoms with Gasteiger partial charge in [-0.2, -0.15) is 0 Å². The van der Waals surface area contributed by atoms with Crippen LogP contribution < -0.4 is 0 Å². The number of amides is 1. The van der Waals surface area contributed by atoms with Crippen LogP contribution in [0.2, 0.25) is 0 Å². The van der Waals surface area contributed by atoms with Crippen LogP contribution in [0.1, 0.15) is 6.92 Å². The molecule has 0 fully saturated rings. The Balaban J connectivity index is 2.92. The van der Waals surface area contributed by atoms with Gasteiger partial charge >= 0.3 is 0 Å². The first-order valence-electron chi connectivity index (χ1n) is 1.33. The van der Waals surface area contributed by atoms with Crippen LogP contribution in [0.25, 0.3) is 0 Å². The third-order valence-electron chi connectivity index (χ3n) is 0.210. The van der Waals surface area contributed by atoms with E-state index in [4.69, 9.17) is 0 Å². The Labute approximate surface area is 30.5 Å². The van der Waals surface area contributed by atoms with Crippen molar-refractivity contribution in [2.24, 2.45) is 4.99 Å². The smallest absolute Gasteiger partial charge is 0.232 e. The SMILES string of the molecule is C/C=N/C=O. The molecule has 0 aliphatic carbocycles. The monoisotopic (exact) mass is 71.0 g/mol. The summed E-state index contributed by atoms with van der Waals surface area (Å²) < 4.78 is 0. The minimum Gasteiger partial charge on any atom is -0.276 e. The van der Waals surface area contributed by atoms with Gasteiger partial charge in [0.05, 0.1) is 0 Å². The van der Waals surface area contributed by atoms with E-state index in [2.05, 4.69) is 4.99 Å². The van der Waals surface area contributed by atoms with Gasteiger partial charge in [-0.1, -0.05) is 0 Å². The minimum atomic E-state index is 0.500. The summed E-state index contributed by atoms with van der Waals surface area (Å²) in [5.74, 6) is 0. The minimum absolute atomic E-state index is 0.500. The summed E-state index contributed by atoms with van der Waals surface area (Å²) >= 11 is 0. The first-order chi connectivity index (χ1) is 2.41. The van der Waals surface area contributed by atoms with Crippen molar-refractivity contribution in [3.05, 3.63) is 0 Å². The van der Waals surface area contributed by atoms with Gasteiger partial charge in [-0.05, 0) is 6.92 Å². The summed E-state index contributed by atoms with van der Waals surface area (Å²) in [5.41, 5.74) is 0. The average Bonchev–Trinajstić information content (AvgIpc) is 1.41. The van der Waals surface area contributed by atoms with Crippen molar-refractivity contribution >= 4 is 12.6 Å². The lowest BCUT2D eigenvalue weighted by Crippen LogP contribution is -1.57. The van der Waals surface area contributed by atoms with E-state index in [0.717, 1.165) is 0 Å². The highest BCUT2D eigenvalue weighted by atomic mass is 16.1. The van der Waals surface area contributed by atoms with E-state index in [0.29, 0.717) is 6.41 Å². The van der Waals surface area contributed by atoms with Gasteiger partial charge in [0.15, 0.2) is 0 Å². The molecule has 0 aromatic carbocycles. The first kappa shape index (κ1) is 4.34. The molecule has 0 radical (unpaired) electrons. The van der Waals surface area contributed by atoms with Crippen LogP contribution in [-0.4, -0.2) is 12.6 Å². The van der Waals surface area contributed by atoms with Gasteiger partial charge in [-0.25, -0.2) is 4.99 Å². The van der Waals surface area contributed by atoms with E-state index >= 15 is 0 Å². The van der Waals surface area contributed by atoms with Gasteiger partial charge in [-0.3, -0.25) is 4.79 Å². The molecule has 0 aromatic heterocycles. The molecule has 28 valence electrons. The normalized spacial score (nSPS) is 9.00. The summed E-state index contributed by atoms with van der Waals surface area (Å²) in [5, 5.41) is 0. The summed E-state index contributed by atoms with van der Waals surface area (Å²) in [6.45, 7) is 1.69. The molecular weight excluding hydrogens is 66.0 g/mol. The van der Waals surface area contributed by atoms with Crippen LogP contribution >= 0.6 is 0 Å². The van der Waals surface area contributed by atoms with Gasteiger partial charge in [0.25, 0.3) is 0 Å². The van der Waals surface area contributed by atoms with Crippen molar-refractivity contribution in [3.8, 4) is 0 Å². The molecule has 0 aromatic rings. The molecule has 2 heteroatoms. The highest BCUT2D eigenvalue weighted by Gasteiger charge is 1.47. The molecular formula is C3H5NO. The fourth-order valence-corrected chi connectivity index (χ4v) is 0.0609. The maximum absolute atomic E-state index is 9.21. The molecule has 0 heterocycles. The Morgan fingerprint density at radius 1 is 1.80 bits per heavy atom. The highest BCUT2D eigenvalue weighted by Crippen LogP contribution is 1.44. The Morgan fingerprint density at radius 2 is 2.40 bits per heavy atom. The molecule has 0 rings (SSSR count). The molecule has 0 atom stereocenters. The number of hydrogen-bond acceptors (Lipinski definition) is 1. The zero-order valence-electron chi connectivity index (χ0n) is 3.01. The van der Waals surface area contributed by atoms with Crippen molar-refractivity contribution in [2.45, 2.75) is 6.92 Å². The molecule has 1 amide bonds. The molecule has 0 aliphatic rings. The van der Waals surface area contributed by atoms with E-state index in [1.165, 1.54) is 6.21 Å². The molecule has 0 bridgehead atoms. The van der Waals surface area contributed by atoms with E-state index in [-0.39, 0.29) is 0 Å². The van der Waals surface area contributed by atoms with Crippen LogP contribution in [0.3, 0.4) is 0 Å². The third-order valence-corrected chi connectivity index (χ3v) is 0.210. The molecule has 5 heavy (non-hydrogen) atoms. The lowest BCUT2D eigenvalue weighted by Gasteiger charge is -1.53. The number of carbonyl (C=O) groups excluding carboxylic acids is 1. The maximum Gasteiger partial charge on any atom is 0.232 e. The Kier molecular flexibility index (Phi) is 2.90. The summed E-state index contributed by atoms with van der Waals surface area (Å²) in [6, 6.07) is 0. The summed E-state index contributed by atoms with van der Waals surface area (Å²) in [6.07, 6.45) is 1.94. The van der Waals surface area contributed by atoms with Gasteiger partial charge < -0.3 is 0 Å². The summed E-state index contributed by atoms with van der Waals surface area (Å²) in [4.78, 5) is 12.4. The second-order valence-electron chi connectivity index (χ2n) is 0.513. The molecule has 2 nitrogen and oxygen atoms in total. The molecule has 0 saturated carbocycles. The van der Waals surface area contributed by atoms with Gasteiger partial charge in [0.1, 0.15) is 0 Å². The van der Waals surface area contributed by atoms with E-state index in [1.807, 2.05) is 0 Å². The van der Waals surface area contributed by atoms with Crippen molar-refractivity contribution in [1.29, 1.82) is 0 Å². The van der Waals surface area contributed by atoms with Crippen LogP contribution in [0.4, 0.5) is 0 Å².